The van der Waals surface area contributed by atoms with Gasteiger partial charge in [0.2, 0.25) is 6.34 Å². The van der Waals surface area contributed by atoms with Gasteiger partial charge in [-0.25, -0.2) is 9.48 Å². The molecule has 312 valence electrons. The molecule has 0 saturated carbocycles. The number of rotatable bonds is 10. The molecule has 0 fully saturated rings. The van der Waals surface area contributed by atoms with Crippen LogP contribution in [0.4, 0.5) is 11.4 Å². The number of aryl methyl sites for hydroxylation is 10. The molecule has 4 unspecified atom stereocenters. The highest BCUT2D eigenvalue weighted by atomic mass is 35.5. The van der Waals surface area contributed by atoms with Crippen molar-refractivity contribution in [1.82, 2.24) is 0 Å². The van der Waals surface area contributed by atoms with Gasteiger partial charge in [-0.1, -0.05) is 180 Å². The maximum Gasteiger partial charge on any atom is 0.244 e. The Morgan fingerprint density at radius 1 is 0.367 bits per heavy atom. The summed E-state index contributed by atoms with van der Waals surface area (Å²) in [6.07, 6.45) is 2.47. The Morgan fingerprint density at radius 3 is 0.917 bits per heavy atom. The maximum atomic E-state index is 2.61. The van der Waals surface area contributed by atoms with Crippen LogP contribution in [0.2, 0.25) is 0 Å². The van der Waals surface area contributed by atoms with Crippen LogP contribution < -0.4 is 17.3 Å². The summed E-state index contributed by atoms with van der Waals surface area (Å²) < 4.78 is 2.61. The van der Waals surface area contributed by atoms with E-state index in [0.717, 1.165) is 13.1 Å². The van der Waals surface area contributed by atoms with Crippen LogP contribution in [0, 0.1) is 69.2 Å². The second kappa shape index (κ2) is 18.0. The zero-order chi connectivity index (χ0) is 42.4. The zero-order valence-corrected chi connectivity index (χ0v) is 39.6. The number of hydrogen-bond acceptors (Lipinski definition) is 1. The molecule has 7 rings (SSSR count). The molecule has 1 heterocycles. The van der Waals surface area contributed by atoms with Crippen LogP contribution in [-0.2, 0) is 0 Å². The van der Waals surface area contributed by atoms with Crippen LogP contribution in [0.15, 0.2) is 97.1 Å². The smallest absolute Gasteiger partial charge is 0.244 e. The minimum atomic E-state index is 0. The molecule has 2 nitrogen and oxygen atoms in total. The molecule has 0 spiro atoms. The van der Waals surface area contributed by atoms with Gasteiger partial charge < -0.3 is 12.4 Å². The second-order valence-corrected chi connectivity index (χ2v) is 18.7. The lowest BCUT2D eigenvalue weighted by Gasteiger charge is -2.26. The average Bonchev–Trinajstić information content (AvgIpc) is 3.64. The van der Waals surface area contributed by atoms with Crippen molar-refractivity contribution in [3.63, 3.8) is 0 Å². The van der Waals surface area contributed by atoms with Gasteiger partial charge in [-0.2, -0.15) is 0 Å². The molecule has 6 aromatic carbocycles. The quantitative estimate of drug-likeness (QED) is 0.125. The third-order valence-electron chi connectivity index (χ3n) is 12.9. The molecule has 0 radical (unpaired) electrons. The lowest BCUT2D eigenvalue weighted by atomic mass is 9.82. The predicted octanol–water partition coefficient (Wildman–Crippen LogP) is 11.6. The number of halogens is 1. The normalized spacial score (nSPS) is 14.7. The highest BCUT2D eigenvalue weighted by Gasteiger charge is 2.35. The standard InChI is InChI=1S/C57H67N2.ClH/c1-34-17-35(2)22-48(21-34)44(11)52-29-42(9)30-53(45(12)49-23-36(3)18-37(4)24-49)56(52)58-15-16-59(33-58)57-54(46(13)50-25-38(5)19-39(6)26-50)31-43(10)32-55(57)47(14)51-27-40(7)20-41(8)28-51;/h17-33,44-47H,15-16H2,1-14H3;1H/q+1;/p-1. The van der Waals surface area contributed by atoms with E-state index in [-0.39, 0.29) is 36.1 Å². The summed E-state index contributed by atoms with van der Waals surface area (Å²) in [5.74, 6) is 0.873. The molecule has 0 aliphatic carbocycles. The van der Waals surface area contributed by atoms with Crippen molar-refractivity contribution in [2.24, 2.45) is 0 Å². The number of nitrogens with zero attached hydrogens (tertiary/aromatic N) is 2. The van der Waals surface area contributed by atoms with Crippen molar-refractivity contribution in [1.29, 1.82) is 0 Å². The molecule has 0 bridgehead atoms. The molecule has 60 heavy (non-hydrogen) atoms. The molecule has 0 aromatic heterocycles. The molecule has 1 aliphatic heterocycles. The molecular formula is C57H67ClN2. The van der Waals surface area contributed by atoms with Crippen molar-refractivity contribution in [3.8, 4) is 0 Å². The molecule has 0 amide bonds. The second-order valence-electron chi connectivity index (χ2n) is 18.7. The van der Waals surface area contributed by atoms with Gasteiger partial charge in [-0.15, -0.1) is 0 Å². The average molecular weight is 816 g/mol. The summed E-state index contributed by atoms with van der Waals surface area (Å²) >= 11 is 0. The zero-order valence-electron chi connectivity index (χ0n) is 38.8. The van der Waals surface area contributed by atoms with Crippen molar-refractivity contribution in [2.45, 2.75) is 121 Å². The summed E-state index contributed by atoms with van der Waals surface area (Å²) in [5, 5.41) is 0. The minimum Gasteiger partial charge on any atom is -1.00 e. The maximum absolute atomic E-state index is 2.61. The van der Waals surface area contributed by atoms with Crippen molar-refractivity contribution in [3.05, 3.63) is 197 Å². The van der Waals surface area contributed by atoms with Crippen molar-refractivity contribution >= 4 is 17.7 Å². The van der Waals surface area contributed by atoms with E-state index >= 15 is 0 Å². The van der Waals surface area contributed by atoms with E-state index in [1.165, 1.54) is 112 Å². The lowest BCUT2D eigenvalue weighted by molar-refractivity contribution is -0.425. The fraction of sp³-hybridized carbons (Fsp3) is 0.351. The van der Waals surface area contributed by atoms with E-state index in [2.05, 4.69) is 210 Å². The van der Waals surface area contributed by atoms with Gasteiger partial charge in [0.05, 0.1) is 0 Å². The Labute approximate surface area is 368 Å². The molecule has 4 atom stereocenters. The van der Waals surface area contributed by atoms with Crippen LogP contribution in [0.25, 0.3) is 0 Å². The number of anilines is 1. The molecule has 6 aromatic rings. The van der Waals surface area contributed by atoms with E-state index in [1.54, 1.807) is 0 Å². The summed E-state index contributed by atoms with van der Waals surface area (Å²) in [4.78, 5) is 2.61. The van der Waals surface area contributed by atoms with Crippen LogP contribution in [0.5, 0.6) is 0 Å². The molecule has 3 heteroatoms. The molecular weight excluding hydrogens is 748 g/mol. The van der Waals surface area contributed by atoms with Gasteiger partial charge >= 0.3 is 0 Å². The van der Waals surface area contributed by atoms with Crippen LogP contribution in [0.1, 0.15) is 152 Å². The van der Waals surface area contributed by atoms with Crippen molar-refractivity contribution in [2.75, 3.05) is 18.0 Å². The highest BCUT2D eigenvalue weighted by molar-refractivity contribution is 5.84. The van der Waals surface area contributed by atoms with E-state index in [9.17, 15) is 0 Å². The predicted molar refractivity (Wildman–Crippen MR) is 254 cm³/mol. The molecule has 1 aliphatic rings. The van der Waals surface area contributed by atoms with Crippen LogP contribution in [0.3, 0.4) is 0 Å². The number of hydrogen-bond donors (Lipinski definition) is 0. The first-order valence-corrected chi connectivity index (χ1v) is 22.0. The van der Waals surface area contributed by atoms with Gasteiger partial charge in [0.25, 0.3) is 0 Å². The van der Waals surface area contributed by atoms with E-state index < -0.39 is 0 Å². The minimum absolute atomic E-state index is 0. The van der Waals surface area contributed by atoms with Gasteiger partial charge in [0.1, 0.15) is 24.5 Å². The SMILES string of the molecule is Cc1cc(C)cc(C(C)c2cc(C)cc(C(C)c3cc(C)cc(C)c3)c2N2C=[N+](c3c(C(C)c4cc(C)cc(C)c4)cc(C)cc3C(C)c3cc(C)cc(C)c3)CC2)c1.[Cl-]. The fourth-order valence-electron chi connectivity index (χ4n) is 10.3. The Balaban J connectivity index is 0.00000604. The van der Waals surface area contributed by atoms with Crippen LogP contribution >= 0.6 is 0 Å². The Morgan fingerprint density at radius 2 is 0.617 bits per heavy atom. The summed E-state index contributed by atoms with van der Waals surface area (Å²) in [6.45, 7) is 33.9. The summed E-state index contributed by atoms with van der Waals surface area (Å²) in [7, 11) is 0. The van der Waals surface area contributed by atoms with Gasteiger partial charge in [0, 0.05) is 45.9 Å². The first-order valence-electron chi connectivity index (χ1n) is 22.0. The third-order valence-corrected chi connectivity index (χ3v) is 12.9. The fourth-order valence-corrected chi connectivity index (χ4v) is 10.3. The largest absolute Gasteiger partial charge is 1.00 e. The topological polar surface area (TPSA) is 6.25 Å². The van der Waals surface area contributed by atoms with E-state index in [4.69, 9.17) is 0 Å². The van der Waals surface area contributed by atoms with E-state index in [0.29, 0.717) is 0 Å². The monoisotopic (exact) mass is 814 g/mol. The lowest BCUT2D eigenvalue weighted by Crippen LogP contribution is -3.00. The Bertz CT molecular complexity index is 2350. The molecule has 0 N–H and O–H groups in total. The first-order chi connectivity index (χ1) is 27.9. The third kappa shape index (κ3) is 9.35. The van der Waals surface area contributed by atoms with Crippen LogP contribution in [-0.4, -0.2) is 24.0 Å². The first kappa shape index (κ1) is 44.6. The Hall–Kier alpha value is -4.92. The van der Waals surface area contributed by atoms with Crippen molar-refractivity contribution < 1.29 is 17.0 Å². The number of benzene rings is 6. The van der Waals surface area contributed by atoms with Gasteiger partial charge in [-0.3, -0.25) is 0 Å². The summed E-state index contributed by atoms with van der Waals surface area (Å²) in [6, 6.07) is 38.2. The van der Waals surface area contributed by atoms with E-state index in [1.807, 2.05) is 0 Å². The highest BCUT2D eigenvalue weighted by Crippen LogP contribution is 2.45. The molecule has 0 saturated heterocycles. The van der Waals surface area contributed by atoms with Gasteiger partial charge in [-0.05, 0) is 91.5 Å². The summed E-state index contributed by atoms with van der Waals surface area (Å²) in [5.41, 5.74) is 27.0. The van der Waals surface area contributed by atoms with Gasteiger partial charge in [0.15, 0.2) is 0 Å². The Kier molecular flexibility index (Phi) is 13.4.